The van der Waals surface area contributed by atoms with Crippen molar-refractivity contribution < 1.29 is 23.1 Å². The summed E-state index contributed by atoms with van der Waals surface area (Å²) < 4.78 is 32.5. The fourth-order valence-corrected chi connectivity index (χ4v) is 6.38. The molecule has 0 aromatic rings. The molecule has 2 saturated heterocycles. The molecule has 4 unspecified atom stereocenters. The van der Waals surface area contributed by atoms with Crippen LogP contribution in [0.15, 0.2) is 0 Å². The number of rotatable bonds is 3. The molecule has 0 amide bonds. The highest BCUT2D eigenvalue weighted by molar-refractivity contribution is 7.89. The van der Waals surface area contributed by atoms with Crippen molar-refractivity contribution in [3.8, 4) is 0 Å². The lowest BCUT2D eigenvalue weighted by molar-refractivity contribution is -0.141. The molecule has 1 saturated carbocycles. The Morgan fingerprint density at radius 1 is 1.14 bits per heavy atom. The number of ether oxygens (including phenoxy) is 1. The van der Waals surface area contributed by atoms with Gasteiger partial charge >= 0.3 is 5.97 Å². The van der Waals surface area contributed by atoms with Crippen LogP contribution in [-0.2, 0) is 19.6 Å². The highest BCUT2D eigenvalue weighted by atomic mass is 32.2. The first-order valence-electron chi connectivity index (χ1n) is 7.84. The van der Waals surface area contributed by atoms with Crippen LogP contribution in [0.25, 0.3) is 0 Å². The number of sulfonamides is 1. The Labute approximate surface area is 125 Å². The zero-order chi connectivity index (χ0) is 15.0. The number of carboxylic acids is 1. The van der Waals surface area contributed by atoms with E-state index in [2.05, 4.69) is 0 Å². The summed E-state index contributed by atoms with van der Waals surface area (Å²) in [5.74, 6) is -0.802. The van der Waals surface area contributed by atoms with Crippen LogP contribution >= 0.6 is 0 Å². The molecule has 1 N–H and O–H groups in total. The summed E-state index contributed by atoms with van der Waals surface area (Å²) in [6, 6.07) is -1.00. The van der Waals surface area contributed by atoms with Crippen LogP contribution in [-0.4, -0.2) is 54.3 Å². The van der Waals surface area contributed by atoms with Gasteiger partial charge in [0.1, 0.15) is 6.04 Å². The maximum atomic E-state index is 12.9. The topological polar surface area (TPSA) is 83.9 Å². The Morgan fingerprint density at radius 3 is 2.57 bits per heavy atom. The molecule has 0 aromatic heterocycles. The molecule has 3 rings (SSSR count). The van der Waals surface area contributed by atoms with Crippen LogP contribution in [0.5, 0.6) is 0 Å². The largest absolute Gasteiger partial charge is 0.480 e. The van der Waals surface area contributed by atoms with Crippen LogP contribution in [0.4, 0.5) is 0 Å². The minimum atomic E-state index is -3.60. The van der Waals surface area contributed by atoms with E-state index in [4.69, 9.17) is 4.74 Å². The lowest BCUT2D eigenvalue weighted by atomic mass is 9.85. The van der Waals surface area contributed by atoms with Gasteiger partial charge in [-0.3, -0.25) is 4.79 Å². The Morgan fingerprint density at radius 2 is 1.90 bits per heavy atom. The summed E-state index contributed by atoms with van der Waals surface area (Å²) in [4.78, 5) is 11.5. The molecule has 2 aliphatic heterocycles. The molecule has 3 fully saturated rings. The third-order valence-electron chi connectivity index (χ3n) is 5.15. The number of nitrogens with zero attached hydrogens (tertiary/aromatic N) is 1. The van der Waals surface area contributed by atoms with E-state index in [1.54, 1.807) is 0 Å². The van der Waals surface area contributed by atoms with Crippen LogP contribution in [0, 0.1) is 5.92 Å². The zero-order valence-electron chi connectivity index (χ0n) is 12.1. The fraction of sp³-hybridized carbons (Fsp3) is 0.929. The molecule has 4 atom stereocenters. The van der Waals surface area contributed by atoms with Gasteiger partial charge in [0.25, 0.3) is 0 Å². The first-order chi connectivity index (χ1) is 10.0. The van der Waals surface area contributed by atoms with Crippen molar-refractivity contribution in [3.63, 3.8) is 0 Å². The molecule has 0 radical (unpaired) electrons. The molecular formula is C14H23NO5S. The summed E-state index contributed by atoms with van der Waals surface area (Å²) in [6.07, 6.45) is 5.57. The van der Waals surface area contributed by atoms with E-state index in [-0.39, 0.29) is 18.6 Å². The lowest BCUT2D eigenvalue weighted by Gasteiger charge is -2.35. The fourth-order valence-electron chi connectivity index (χ4n) is 4.11. The van der Waals surface area contributed by atoms with Crippen molar-refractivity contribution in [1.29, 1.82) is 0 Å². The van der Waals surface area contributed by atoms with Crippen molar-refractivity contribution >= 4 is 16.0 Å². The molecule has 2 heterocycles. The van der Waals surface area contributed by atoms with Crippen molar-refractivity contribution in [3.05, 3.63) is 0 Å². The third kappa shape index (κ3) is 2.71. The molecule has 21 heavy (non-hydrogen) atoms. The van der Waals surface area contributed by atoms with Crippen LogP contribution in [0.2, 0.25) is 0 Å². The Balaban J connectivity index is 1.90. The van der Waals surface area contributed by atoms with Crippen LogP contribution in [0.1, 0.15) is 44.9 Å². The second-order valence-electron chi connectivity index (χ2n) is 6.42. The minimum Gasteiger partial charge on any atom is -0.480 e. The first kappa shape index (κ1) is 15.2. The van der Waals surface area contributed by atoms with Crippen molar-refractivity contribution in [2.24, 2.45) is 5.92 Å². The smallest absolute Gasteiger partial charge is 0.322 e. The van der Waals surface area contributed by atoms with E-state index in [0.717, 1.165) is 32.1 Å². The summed E-state index contributed by atoms with van der Waals surface area (Å²) in [6.45, 7) is 0.795. The third-order valence-corrected chi connectivity index (χ3v) is 7.47. The quantitative estimate of drug-likeness (QED) is 0.846. The van der Waals surface area contributed by atoms with Crippen molar-refractivity contribution in [2.75, 3.05) is 13.2 Å². The van der Waals surface area contributed by atoms with Gasteiger partial charge in [-0.05, 0) is 38.0 Å². The van der Waals surface area contributed by atoms with Gasteiger partial charge in [-0.2, -0.15) is 4.31 Å². The van der Waals surface area contributed by atoms with E-state index in [1.807, 2.05) is 0 Å². The maximum Gasteiger partial charge on any atom is 0.322 e. The average molecular weight is 317 g/mol. The second kappa shape index (κ2) is 5.85. The predicted octanol–water partition coefficient (Wildman–Crippen LogP) is 1.21. The molecule has 120 valence electrons. The molecule has 6 nitrogen and oxygen atoms in total. The second-order valence-corrected chi connectivity index (χ2v) is 8.53. The monoisotopic (exact) mass is 317 g/mol. The molecule has 0 spiro atoms. The summed E-state index contributed by atoms with van der Waals surface area (Å²) >= 11 is 0. The lowest BCUT2D eigenvalue weighted by Crippen LogP contribution is -2.51. The first-order valence-corrected chi connectivity index (χ1v) is 9.35. The Bertz CT molecular complexity index is 499. The van der Waals surface area contributed by atoms with Gasteiger partial charge < -0.3 is 9.84 Å². The summed E-state index contributed by atoms with van der Waals surface area (Å²) in [5, 5.41) is 8.88. The van der Waals surface area contributed by atoms with Crippen LogP contribution in [0.3, 0.4) is 0 Å². The Kier molecular flexibility index (Phi) is 4.25. The summed E-state index contributed by atoms with van der Waals surface area (Å²) in [7, 11) is -3.60. The van der Waals surface area contributed by atoms with Gasteiger partial charge in [0.15, 0.2) is 0 Å². The molecule has 0 bridgehead atoms. The number of hydrogen-bond donors (Lipinski definition) is 1. The minimum absolute atomic E-state index is 0.119. The standard InChI is InChI=1S/C14H23NO5S/c16-14(17)13-8-10-4-1-2-6-12(10)15(13)21(18,19)11-5-3-7-20-9-11/h10-13H,1-9H2,(H,16,17). The number of fused-ring (bicyclic) bond motifs is 1. The van der Waals surface area contributed by atoms with Gasteiger partial charge in [0, 0.05) is 12.6 Å². The molecule has 1 aliphatic carbocycles. The average Bonchev–Trinajstić information content (AvgIpc) is 2.88. The van der Waals surface area contributed by atoms with Gasteiger partial charge in [-0.1, -0.05) is 12.8 Å². The van der Waals surface area contributed by atoms with Gasteiger partial charge in [-0.15, -0.1) is 0 Å². The number of carboxylic acid groups (broad SMARTS) is 1. The van der Waals surface area contributed by atoms with Crippen LogP contribution < -0.4 is 0 Å². The zero-order valence-corrected chi connectivity index (χ0v) is 12.9. The Hall–Kier alpha value is -0.660. The van der Waals surface area contributed by atoms with E-state index in [1.165, 1.54) is 4.31 Å². The van der Waals surface area contributed by atoms with E-state index < -0.39 is 27.3 Å². The normalized spacial score (nSPS) is 38.1. The molecule has 7 heteroatoms. The predicted molar refractivity (Wildman–Crippen MR) is 76.4 cm³/mol. The highest BCUT2D eigenvalue weighted by Gasteiger charge is 2.52. The number of aliphatic carboxylic acids is 1. The number of hydrogen-bond acceptors (Lipinski definition) is 4. The van der Waals surface area contributed by atoms with Gasteiger partial charge in [-0.25, -0.2) is 8.42 Å². The highest BCUT2D eigenvalue weighted by Crippen LogP contribution is 2.42. The number of carbonyl (C=O) groups is 1. The van der Waals surface area contributed by atoms with Crippen molar-refractivity contribution in [2.45, 2.75) is 62.3 Å². The summed E-state index contributed by atoms with van der Waals surface area (Å²) in [5.41, 5.74) is 0. The van der Waals surface area contributed by atoms with E-state index >= 15 is 0 Å². The van der Waals surface area contributed by atoms with Gasteiger partial charge in [0.2, 0.25) is 10.0 Å². The van der Waals surface area contributed by atoms with Crippen molar-refractivity contribution in [1.82, 2.24) is 4.31 Å². The molecule has 3 aliphatic rings. The maximum absolute atomic E-state index is 12.9. The van der Waals surface area contributed by atoms with E-state index in [9.17, 15) is 18.3 Å². The molecule has 0 aromatic carbocycles. The molecular weight excluding hydrogens is 294 g/mol. The van der Waals surface area contributed by atoms with Gasteiger partial charge in [0.05, 0.1) is 11.9 Å². The van der Waals surface area contributed by atoms with E-state index in [0.29, 0.717) is 19.4 Å². The SMILES string of the molecule is O=C(O)C1CC2CCCCC2N1S(=O)(=O)C1CCCOC1.